The molecule has 10 nitrogen and oxygen atoms in total. The van der Waals surface area contributed by atoms with Gasteiger partial charge in [0.25, 0.3) is 11.1 Å². The molecule has 0 spiro atoms. The maximum atomic E-state index is 12.1. The second kappa shape index (κ2) is 9.45. The third-order valence-corrected chi connectivity index (χ3v) is 4.58. The van der Waals surface area contributed by atoms with Crippen molar-refractivity contribution in [2.75, 3.05) is 0 Å². The van der Waals surface area contributed by atoms with E-state index in [-0.39, 0.29) is 84.3 Å². The van der Waals surface area contributed by atoms with Gasteiger partial charge in [-0.05, 0) is 24.3 Å². The van der Waals surface area contributed by atoms with E-state index in [1.807, 2.05) is 4.98 Å². The van der Waals surface area contributed by atoms with Gasteiger partial charge in [0.2, 0.25) is 11.6 Å². The maximum absolute atomic E-state index is 12.1. The second-order valence-electron chi connectivity index (χ2n) is 5.88. The van der Waals surface area contributed by atoms with Gasteiger partial charge in [0.15, 0.2) is 5.75 Å². The molecule has 0 radical (unpaired) electrons. The van der Waals surface area contributed by atoms with Crippen LogP contribution in [-0.4, -0.2) is 76.3 Å². The summed E-state index contributed by atoms with van der Waals surface area (Å²) >= 11 is 12.6. The molecule has 0 bridgehead atoms. The van der Waals surface area contributed by atoms with Crippen LogP contribution in [0.15, 0.2) is 50.8 Å². The van der Waals surface area contributed by atoms with Gasteiger partial charge >= 0.3 is 57.1 Å². The summed E-state index contributed by atoms with van der Waals surface area (Å²) in [5.41, 5.74) is -2.59. The molecule has 0 saturated carbocycles. The molecule has 150 valence electrons. The van der Waals surface area contributed by atoms with E-state index in [0.29, 0.717) is 10.8 Å². The van der Waals surface area contributed by atoms with Crippen molar-refractivity contribution in [2.24, 2.45) is 0 Å². The Morgan fingerprint density at radius 1 is 1.03 bits per heavy atom. The van der Waals surface area contributed by atoms with E-state index < -0.39 is 16.9 Å². The molecule has 0 unspecified atom stereocenters. The van der Waals surface area contributed by atoms with E-state index in [1.165, 1.54) is 12.1 Å². The first kappa shape index (κ1) is 23.4. The fraction of sp³-hybridized carbons (Fsp3) is 0. The number of hydrogen-bond donors (Lipinski definition) is 2. The van der Waals surface area contributed by atoms with Crippen molar-refractivity contribution >= 4 is 85.4 Å². The number of aromatic nitrogens is 5. The first-order valence-electron chi connectivity index (χ1n) is 8.17. The minimum absolute atomic E-state index is 0. The number of halogens is 2. The number of hydrogen-bond acceptors (Lipinski definition) is 7. The Morgan fingerprint density at radius 2 is 1.68 bits per heavy atom. The zero-order chi connectivity index (χ0) is 21.4. The Morgan fingerprint density at radius 3 is 2.32 bits per heavy atom. The molecule has 0 aliphatic rings. The minimum atomic E-state index is -0.910. The van der Waals surface area contributed by atoms with Crippen molar-refractivity contribution in [2.45, 2.75) is 0 Å². The average molecular weight is 483 g/mol. The van der Waals surface area contributed by atoms with Gasteiger partial charge in [0.05, 0.1) is 26.5 Å². The number of rotatable bonds is 3. The van der Waals surface area contributed by atoms with Crippen LogP contribution in [0.4, 0.5) is 0 Å². The number of nitrogens with one attached hydrogen (secondary N) is 2. The molecule has 2 aromatic carbocycles. The first-order chi connectivity index (χ1) is 14.4. The molecule has 2 N–H and O–H groups in total. The molecule has 2 aromatic heterocycles. The summed E-state index contributed by atoms with van der Waals surface area (Å²) in [6.45, 7) is 0. The van der Waals surface area contributed by atoms with Crippen molar-refractivity contribution in [3.63, 3.8) is 0 Å². The van der Waals surface area contributed by atoms with Crippen LogP contribution in [0.5, 0.6) is 11.6 Å². The van der Waals surface area contributed by atoms with Crippen molar-refractivity contribution in [1.29, 1.82) is 5.26 Å². The van der Waals surface area contributed by atoms with Crippen LogP contribution in [0.2, 0.25) is 10.0 Å². The predicted octanol–water partition coefficient (Wildman–Crippen LogP) is 1.48. The van der Waals surface area contributed by atoms with Gasteiger partial charge in [0.1, 0.15) is 6.07 Å². The van der Waals surface area contributed by atoms with Crippen LogP contribution >= 0.6 is 23.2 Å². The van der Waals surface area contributed by atoms with Crippen molar-refractivity contribution in [3.8, 4) is 23.4 Å². The van der Waals surface area contributed by atoms with Gasteiger partial charge in [-0.1, -0.05) is 35.3 Å². The molecule has 31 heavy (non-hydrogen) atoms. The zero-order valence-corrected chi connectivity index (χ0v) is 16.2. The summed E-state index contributed by atoms with van der Waals surface area (Å²) in [4.78, 5) is 37.5. The summed E-state index contributed by atoms with van der Waals surface area (Å²) < 4.78 is 6.50. The van der Waals surface area contributed by atoms with Crippen LogP contribution in [0.1, 0.15) is 5.69 Å². The summed E-state index contributed by atoms with van der Waals surface area (Å²) in [6.07, 6.45) is 0. The third-order valence-electron chi connectivity index (χ3n) is 4.02. The van der Waals surface area contributed by atoms with Gasteiger partial charge < -0.3 is 4.74 Å². The van der Waals surface area contributed by atoms with E-state index in [4.69, 9.17) is 33.2 Å². The molecular weight excluding hydrogens is 474 g/mol. The molecule has 0 amide bonds. The quantitative estimate of drug-likeness (QED) is 0.420. The number of nitriles is 1. The molecular formula is C18H9Cl2KN6O4. The molecule has 0 aliphatic carbocycles. The monoisotopic (exact) mass is 482 g/mol. The number of benzene rings is 2. The number of ether oxygens (including phenoxy) is 1. The summed E-state index contributed by atoms with van der Waals surface area (Å²) in [5.74, 6) is 0.0811. The summed E-state index contributed by atoms with van der Waals surface area (Å²) in [5, 5.41) is 19.7. The number of nitrogens with zero attached hydrogens (tertiary/aromatic N) is 4. The van der Waals surface area contributed by atoms with Gasteiger partial charge in [-0.15, -0.1) is 10.2 Å². The Balaban J connectivity index is 0.00000272. The molecule has 4 rings (SSSR count). The number of H-pyrrole nitrogens is 2. The molecule has 13 heteroatoms. The van der Waals surface area contributed by atoms with Crippen molar-refractivity contribution < 1.29 is 4.74 Å². The van der Waals surface area contributed by atoms with Gasteiger partial charge in [0, 0.05) is 0 Å². The normalized spacial score (nSPS) is 10.4. The Labute approximate surface area is 224 Å². The van der Waals surface area contributed by atoms with Gasteiger partial charge in [-0.2, -0.15) is 9.94 Å². The van der Waals surface area contributed by atoms with E-state index in [2.05, 4.69) is 15.3 Å². The first-order valence-corrected chi connectivity index (χ1v) is 8.93. The van der Waals surface area contributed by atoms with Crippen LogP contribution < -0.4 is 21.5 Å². The Hall–Kier alpha value is -2.30. The fourth-order valence-corrected chi connectivity index (χ4v) is 3.23. The summed E-state index contributed by atoms with van der Waals surface area (Å²) in [7, 11) is 0. The van der Waals surface area contributed by atoms with Crippen LogP contribution in [0, 0.1) is 11.3 Å². The SMILES string of the molecule is N#Cc1nn(-c2cc(Cl)c(Oc3n[nH]c(=O)c4ccccc34)c(Cl)c2)c(=O)[nH]c1=O.[KH]. The number of aromatic amines is 2. The number of fused-ring (bicyclic) bond motifs is 1. The van der Waals surface area contributed by atoms with Crippen LogP contribution in [0.25, 0.3) is 16.5 Å². The standard InChI is InChI=1S/C18H8Cl2N6O4.K.H/c19-11-5-8(26-18(29)22-16(28)13(7-21)25-26)6-12(20)14(11)30-17-10-4-2-1-3-9(10)15(27)23-24-17;;/h1-6H,(H,23,27)(H,22,28,29);;. The Kier molecular flexibility index (Phi) is 7.12. The van der Waals surface area contributed by atoms with Crippen molar-refractivity contribution in [3.05, 3.63) is 83.3 Å². The van der Waals surface area contributed by atoms with Crippen molar-refractivity contribution in [1.82, 2.24) is 25.0 Å². The second-order valence-corrected chi connectivity index (χ2v) is 6.69. The van der Waals surface area contributed by atoms with E-state index >= 15 is 0 Å². The molecule has 2 heterocycles. The van der Waals surface area contributed by atoms with E-state index in [0.717, 1.165) is 4.68 Å². The zero-order valence-electron chi connectivity index (χ0n) is 14.6. The third kappa shape index (κ3) is 4.51. The van der Waals surface area contributed by atoms with Crippen LogP contribution in [0.3, 0.4) is 0 Å². The molecule has 0 fully saturated rings. The van der Waals surface area contributed by atoms with Gasteiger partial charge in [-0.3, -0.25) is 14.6 Å². The Bertz CT molecular complexity index is 1520. The molecule has 4 aromatic rings. The van der Waals surface area contributed by atoms with Crippen LogP contribution in [-0.2, 0) is 0 Å². The van der Waals surface area contributed by atoms with E-state index in [1.54, 1.807) is 30.3 Å². The molecule has 0 saturated heterocycles. The van der Waals surface area contributed by atoms with Gasteiger partial charge in [-0.25, -0.2) is 9.89 Å². The van der Waals surface area contributed by atoms with E-state index in [9.17, 15) is 14.4 Å². The summed E-state index contributed by atoms with van der Waals surface area (Å²) in [6, 6.07) is 10.9. The fourth-order valence-electron chi connectivity index (χ4n) is 2.68. The predicted molar refractivity (Wildman–Crippen MR) is 115 cm³/mol. The average Bonchev–Trinajstić information content (AvgIpc) is 2.72. The topological polar surface area (TPSA) is 147 Å². The molecule has 0 aliphatic heterocycles. The molecule has 0 atom stereocenters.